The molecule has 0 atom stereocenters. The SMILES string of the molecule is O=C1CC(=O)N(c2ccccc2C(=O)NC2CC2)C1. The molecule has 1 N–H and O–H groups in total. The Labute approximate surface area is 110 Å². The van der Waals surface area contributed by atoms with Crippen LogP contribution in [0.5, 0.6) is 0 Å². The number of carbonyl (C=O) groups excluding carboxylic acids is 3. The van der Waals surface area contributed by atoms with Gasteiger partial charge in [0.2, 0.25) is 5.91 Å². The van der Waals surface area contributed by atoms with Crippen LogP contribution in [0.2, 0.25) is 0 Å². The highest BCUT2D eigenvalue weighted by Crippen LogP contribution is 2.26. The van der Waals surface area contributed by atoms with Crippen molar-refractivity contribution in [1.29, 1.82) is 0 Å². The van der Waals surface area contributed by atoms with Gasteiger partial charge in [-0.1, -0.05) is 12.1 Å². The van der Waals surface area contributed by atoms with Gasteiger partial charge in [0.15, 0.2) is 5.78 Å². The van der Waals surface area contributed by atoms with E-state index in [0.717, 1.165) is 12.8 Å². The normalized spacial score (nSPS) is 18.8. The second-order valence-corrected chi connectivity index (χ2v) is 4.96. The van der Waals surface area contributed by atoms with Gasteiger partial charge in [0, 0.05) is 6.04 Å². The quantitative estimate of drug-likeness (QED) is 0.819. The van der Waals surface area contributed by atoms with Crippen LogP contribution in [0.15, 0.2) is 24.3 Å². The summed E-state index contributed by atoms with van der Waals surface area (Å²) in [5, 5.41) is 2.90. The van der Waals surface area contributed by atoms with E-state index in [1.165, 1.54) is 4.90 Å². The van der Waals surface area contributed by atoms with Crippen LogP contribution in [0.4, 0.5) is 5.69 Å². The summed E-state index contributed by atoms with van der Waals surface area (Å²) in [6.07, 6.45) is 1.95. The predicted octanol–water partition coefficient (Wildman–Crippen LogP) is 0.885. The molecule has 0 unspecified atom stereocenters. The van der Waals surface area contributed by atoms with Crippen LogP contribution in [0.3, 0.4) is 0 Å². The Balaban J connectivity index is 1.90. The number of amides is 2. The van der Waals surface area contributed by atoms with Gasteiger partial charge in [0.05, 0.1) is 24.2 Å². The lowest BCUT2D eigenvalue weighted by Gasteiger charge is -2.18. The molecule has 98 valence electrons. The Morgan fingerprint density at radius 3 is 2.58 bits per heavy atom. The van der Waals surface area contributed by atoms with Gasteiger partial charge in [-0.25, -0.2) is 0 Å². The summed E-state index contributed by atoms with van der Waals surface area (Å²) in [5.41, 5.74) is 0.981. The zero-order valence-corrected chi connectivity index (χ0v) is 10.4. The Hall–Kier alpha value is -2.17. The van der Waals surface area contributed by atoms with Crippen LogP contribution >= 0.6 is 0 Å². The molecule has 1 heterocycles. The molecule has 5 nitrogen and oxygen atoms in total. The minimum Gasteiger partial charge on any atom is -0.349 e. The van der Waals surface area contributed by atoms with Crippen LogP contribution in [-0.2, 0) is 9.59 Å². The molecule has 5 heteroatoms. The van der Waals surface area contributed by atoms with Crippen molar-refractivity contribution < 1.29 is 14.4 Å². The number of carbonyl (C=O) groups is 3. The van der Waals surface area contributed by atoms with Crippen molar-refractivity contribution in [3.05, 3.63) is 29.8 Å². The maximum absolute atomic E-state index is 12.1. The second-order valence-electron chi connectivity index (χ2n) is 4.96. The lowest BCUT2D eigenvalue weighted by molar-refractivity contribution is -0.121. The Bertz CT molecular complexity index is 564. The number of rotatable bonds is 3. The highest BCUT2D eigenvalue weighted by atomic mass is 16.2. The largest absolute Gasteiger partial charge is 0.349 e. The second kappa shape index (κ2) is 4.50. The third-order valence-corrected chi connectivity index (χ3v) is 3.34. The van der Waals surface area contributed by atoms with Crippen LogP contribution < -0.4 is 10.2 Å². The van der Waals surface area contributed by atoms with E-state index in [1.807, 2.05) is 0 Å². The zero-order chi connectivity index (χ0) is 13.4. The van der Waals surface area contributed by atoms with Crippen LogP contribution in [0.25, 0.3) is 0 Å². The summed E-state index contributed by atoms with van der Waals surface area (Å²) in [4.78, 5) is 36.6. The van der Waals surface area contributed by atoms with Crippen molar-refractivity contribution in [3.8, 4) is 0 Å². The number of ketones is 1. The molecule has 3 rings (SSSR count). The van der Waals surface area contributed by atoms with E-state index in [2.05, 4.69) is 5.32 Å². The molecule has 0 spiro atoms. The molecule has 2 aliphatic rings. The van der Waals surface area contributed by atoms with Crippen molar-refractivity contribution in [2.45, 2.75) is 25.3 Å². The van der Waals surface area contributed by atoms with E-state index in [-0.39, 0.29) is 36.6 Å². The molecule has 1 aromatic carbocycles. The fourth-order valence-electron chi connectivity index (χ4n) is 2.20. The van der Waals surface area contributed by atoms with E-state index in [1.54, 1.807) is 24.3 Å². The topological polar surface area (TPSA) is 66.5 Å². The molecule has 1 aromatic rings. The van der Waals surface area contributed by atoms with E-state index >= 15 is 0 Å². The lowest BCUT2D eigenvalue weighted by atomic mass is 10.1. The summed E-state index contributed by atoms with van der Waals surface area (Å²) in [7, 11) is 0. The molecule has 2 fully saturated rings. The summed E-state index contributed by atoms with van der Waals surface area (Å²) < 4.78 is 0. The van der Waals surface area contributed by atoms with Gasteiger partial charge in [-0.15, -0.1) is 0 Å². The van der Waals surface area contributed by atoms with Gasteiger partial charge in [-0.05, 0) is 25.0 Å². The molecule has 1 saturated carbocycles. The zero-order valence-electron chi connectivity index (χ0n) is 10.4. The molecule has 1 aliphatic carbocycles. The highest BCUT2D eigenvalue weighted by molar-refractivity contribution is 6.17. The summed E-state index contributed by atoms with van der Waals surface area (Å²) in [5.74, 6) is -0.524. The smallest absolute Gasteiger partial charge is 0.253 e. The molecule has 19 heavy (non-hydrogen) atoms. The number of nitrogens with zero attached hydrogens (tertiary/aromatic N) is 1. The van der Waals surface area contributed by atoms with E-state index in [0.29, 0.717) is 11.3 Å². The molecule has 0 aromatic heterocycles. The fraction of sp³-hybridized carbons (Fsp3) is 0.357. The summed E-state index contributed by atoms with van der Waals surface area (Å²) >= 11 is 0. The third-order valence-electron chi connectivity index (χ3n) is 3.34. The van der Waals surface area contributed by atoms with Crippen molar-refractivity contribution in [2.24, 2.45) is 0 Å². The standard InChI is InChI=1S/C14H14N2O3/c17-10-7-13(18)16(8-10)12-4-2-1-3-11(12)14(19)15-9-5-6-9/h1-4,9H,5-8H2,(H,15,19). The van der Waals surface area contributed by atoms with Gasteiger partial charge >= 0.3 is 0 Å². The number of anilines is 1. The fourth-order valence-corrected chi connectivity index (χ4v) is 2.20. The third kappa shape index (κ3) is 2.36. The van der Waals surface area contributed by atoms with Crippen LogP contribution in [0.1, 0.15) is 29.6 Å². The first-order chi connectivity index (χ1) is 9.15. The molecule has 1 aliphatic heterocycles. The van der Waals surface area contributed by atoms with Crippen LogP contribution in [0, 0.1) is 0 Å². The van der Waals surface area contributed by atoms with Gasteiger partial charge in [0.25, 0.3) is 5.91 Å². The van der Waals surface area contributed by atoms with E-state index in [4.69, 9.17) is 0 Å². The lowest BCUT2D eigenvalue weighted by Crippen LogP contribution is -2.30. The van der Waals surface area contributed by atoms with Crippen molar-refractivity contribution in [2.75, 3.05) is 11.4 Å². The number of Topliss-reactive ketones (excluding diaryl/α,β-unsaturated/α-hetero) is 1. The average molecular weight is 258 g/mol. The van der Waals surface area contributed by atoms with Gasteiger partial charge in [-0.3, -0.25) is 14.4 Å². The monoisotopic (exact) mass is 258 g/mol. The molecular formula is C14H14N2O3. The molecule has 2 amide bonds. The maximum atomic E-state index is 12.1. The molecule has 0 radical (unpaired) electrons. The number of hydrogen-bond acceptors (Lipinski definition) is 3. The Kier molecular flexibility index (Phi) is 2.81. The summed E-state index contributed by atoms with van der Waals surface area (Å²) in [6, 6.07) is 7.17. The first-order valence-corrected chi connectivity index (χ1v) is 6.37. The predicted molar refractivity (Wildman–Crippen MR) is 68.9 cm³/mol. The van der Waals surface area contributed by atoms with Gasteiger partial charge in [0.1, 0.15) is 0 Å². The van der Waals surface area contributed by atoms with E-state index in [9.17, 15) is 14.4 Å². The van der Waals surface area contributed by atoms with Gasteiger partial charge < -0.3 is 10.2 Å². The van der Waals surface area contributed by atoms with Crippen molar-refractivity contribution >= 4 is 23.3 Å². The highest BCUT2D eigenvalue weighted by Gasteiger charge is 2.32. The maximum Gasteiger partial charge on any atom is 0.253 e. The first-order valence-electron chi connectivity index (χ1n) is 6.37. The van der Waals surface area contributed by atoms with Crippen molar-refractivity contribution in [1.82, 2.24) is 5.32 Å². The minimum absolute atomic E-state index is 0.0621. The number of benzene rings is 1. The Morgan fingerprint density at radius 2 is 1.95 bits per heavy atom. The average Bonchev–Trinajstić information content (AvgIpc) is 3.13. The van der Waals surface area contributed by atoms with Crippen LogP contribution in [-0.4, -0.2) is 30.2 Å². The molecule has 1 saturated heterocycles. The molecule has 0 bridgehead atoms. The van der Waals surface area contributed by atoms with Crippen molar-refractivity contribution in [3.63, 3.8) is 0 Å². The van der Waals surface area contributed by atoms with E-state index < -0.39 is 0 Å². The molecular weight excluding hydrogens is 244 g/mol. The first kappa shape index (κ1) is 11.9. The number of hydrogen-bond donors (Lipinski definition) is 1. The number of para-hydroxylation sites is 1. The summed E-state index contributed by atoms with van der Waals surface area (Å²) in [6.45, 7) is 0.0621. The minimum atomic E-state index is -0.239. The number of nitrogens with one attached hydrogen (secondary N) is 1. The van der Waals surface area contributed by atoms with Gasteiger partial charge in [-0.2, -0.15) is 0 Å². The Morgan fingerprint density at radius 1 is 1.21 bits per heavy atom.